The summed E-state index contributed by atoms with van der Waals surface area (Å²) in [5, 5.41) is 36.4. The molecule has 41 nitrogen and oxygen atoms in total. The zero-order chi connectivity index (χ0) is 83.7. The van der Waals surface area contributed by atoms with E-state index in [-0.39, 0.29) is 23.5 Å². The van der Waals surface area contributed by atoms with Gasteiger partial charge in [-0.15, -0.1) is 5.10 Å². The Bertz CT molecular complexity index is 3690. The molecular weight excluding hydrogens is 1490 g/mol. The van der Waals surface area contributed by atoms with E-state index < -0.39 is 247 Å². The number of carbonyl (C=O) groups excluding carboxylic acids is 11. The monoisotopic (exact) mass is 1590 g/mol. The number of nitro groups is 1. The van der Waals surface area contributed by atoms with Gasteiger partial charge in [-0.3, -0.25) is 29.3 Å². The zero-order valence-corrected chi connectivity index (χ0v) is 66.8. The van der Waals surface area contributed by atoms with Gasteiger partial charge in [-0.2, -0.15) is 0 Å². The number of hydrogen-bond donors (Lipinski definition) is 6. The lowest BCUT2D eigenvalue weighted by atomic mass is 9.81. The molecule has 1 aliphatic carbocycles. The first-order chi connectivity index (χ1) is 51.7. The van der Waals surface area contributed by atoms with Crippen molar-refractivity contribution in [2.24, 2.45) is 0 Å². The third-order valence-corrected chi connectivity index (χ3v) is 16.0. The molecule has 6 amide bonds. The van der Waals surface area contributed by atoms with Crippen LogP contribution in [-0.4, -0.2) is 250 Å². The molecule has 19 atom stereocenters. The van der Waals surface area contributed by atoms with Crippen LogP contribution in [-0.2, 0) is 111 Å². The molecule has 41 heteroatoms. The van der Waals surface area contributed by atoms with Crippen LogP contribution in [0.25, 0.3) is 0 Å². The number of amides is 6. The first kappa shape index (κ1) is 89.7. The van der Waals surface area contributed by atoms with Crippen molar-refractivity contribution in [2.45, 2.75) is 315 Å². The minimum Gasteiger partial charge on any atom is -0.463 e. The molecule has 0 radical (unpaired) electrons. The van der Waals surface area contributed by atoms with Gasteiger partial charge in [-0.1, -0.05) is 5.21 Å². The quantitative estimate of drug-likeness (QED) is 0.0246. The molecule has 626 valence electrons. The lowest BCUT2D eigenvalue weighted by molar-refractivity contribution is -0.384. The Morgan fingerprint density at radius 2 is 0.893 bits per heavy atom. The average Bonchev–Trinajstić information content (AvgIpc) is 1.48. The summed E-state index contributed by atoms with van der Waals surface area (Å²) >= 11 is 0. The maximum absolute atomic E-state index is 14.9. The molecule has 2 aromatic rings. The Kier molecular flexibility index (Phi) is 29.2. The normalized spacial score (nSPS) is 27.8. The highest BCUT2D eigenvalue weighted by Crippen LogP contribution is 2.43. The van der Waals surface area contributed by atoms with Crippen LogP contribution < -0.4 is 31.9 Å². The predicted octanol–water partition coefficient (Wildman–Crippen LogP) is 5.57. The molecule has 0 unspecified atom stereocenters. The molecule has 5 heterocycles. The number of benzene rings is 1. The first-order valence-corrected chi connectivity index (χ1v) is 36.1. The summed E-state index contributed by atoms with van der Waals surface area (Å²) in [6.07, 6.45) is -28.9. The van der Waals surface area contributed by atoms with Crippen LogP contribution in [0.4, 0.5) is 34.5 Å². The molecule has 0 spiro atoms. The van der Waals surface area contributed by atoms with Crippen molar-refractivity contribution in [1.82, 2.24) is 46.9 Å². The lowest BCUT2D eigenvalue weighted by Crippen LogP contribution is -2.71. The van der Waals surface area contributed by atoms with Crippen molar-refractivity contribution in [3.05, 3.63) is 51.8 Å². The van der Waals surface area contributed by atoms with Crippen molar-refractivity contribution in [1.29, 1.82) is 0 Å². The van der Waals surface area contributed by atoms with Gasteiger partial charge in [-0.05, 0) is 143 Å². The molecule has 0 bridgehead atoms. The third-order valence-electron chi connectivity index (χ3n) is 16.0. The van der Waals surface area contributed by atoms with E-state index in [1.54, 1.807) is 104 Å². The van der Waals surface area contributed by atoms with E-state index in [1.165, 1.54) is 43.8 Å². The number of alkyl carbamates (subject to hydrolysis) is 6. The maximum Gasteiger partial charge on any atom is 0.408 e. The van der Waals surface area contributed by atoms with E-state index in [0.29, 0.717) is 0 Å². The van der Waals surface area contributed by atoms with Gasteiger partial charge < -0.3 is 117 Å². The summed E-state index contributed by atoms with van der Waals surface area (Å²) in [7, 11) is 0. The average molecular weight is 1600 g/mol. The second kappa shape index (κ2) is 36.5. The van der Waals surface area contributed by atoms with Gasteiger partial charge in [0.05, 0.1) is 41.4 Å². The molecule has 5 fully saturated rings. The second-order valence-electron chi connectivity index (χ2n) is 32.9. The number of aromatic nitrogens is 3. The van der Waals surface area contributed by atoms with Crippen LogP contribution in [0.1, 0.15) is 181 Å². The van der Waals surface area contributed by atoms with E-state index in [2.05, 4.69) is 42.2 Å². The number of nitro benzene ring substituents is 1. The maximum atomic E-state index is 14.9. The largest absolute Gasteiger partial charge is 0.463 e. The molecule has 5 aliphatic rings. The van der Waals surface area contributed by atoms with E-state index in [1.807, 2.05) is 0 Å². The second-order valence-corrected chi connectivity index (χ2v) is 32.9. The fraction of sp³-hybridized carbons (Fsp3) is 0.732. The molecule has 112 heavy (non-hydrogen) atoms. The fourth-order valence-corrected chi connectivity index (χ4v) is 12.1. The molecule has 7 rings (SSSR count). The van der Waals surface area contributed by atoms with Gasteiger partial charge in [0.25, 0.3) is 5.69 Å². The number of non-ortho nitro benzene ring substituents is 1. The highest BCUT2D eigenvalue weighted by atomic mass is 16.8. The van der Waals surface area contributed by atoms with Crippen LogP contribution in [0.15, 0.2) is 30.5 Å². The van der Waals surface area contributed by atoms with Crippen LogP contribution in [0, 0.1) is 10.1 Å². The Hall–Kier alpha value is -9.55. The van der Waals surface area contributed by atoms with Crippen molar-refractivity contribution < 1.29 is 143 Å². The Morgan fingerprint density at radius 1 is 0.464 bits per heavy atom. The number of nitrogens with zero attached hydrogens (tertiary/aromatic N) is 4. The third kappa shape index (κ3) is 27.7. The number of esters is 5. The molecule has 1 saturated carbocycles. The standard InChI is InChI=1S/C71H106N10O31/c1-33(82)95-32-44-51(105-58-47(77-65(92)112-71(20,21)22)54-50(103-54)43(101-58)29-73-61(88)108-67(8,9)10)55(99-36(4)85)59(102-44)106-52-45(75-63(90)110-69(14,15)16)41(80-30-38(78-79-80)31-96-56(86)37-23-25-39(26-24-37)81(93)94)27-40(74-62(89)109-68(11,12)13)48(52)104-57-46(76-64(91)111-70(17,18)19)53(98-35(3)84)49(97-34(2)83)42(100-57)28-72-60(87)107-66(5,6)7/h23-26,30,40-55,57-59H,27-29,31-32H2,1-22H3,(H,72,87)(H,73,88)(H,74,89)(H,75,90)(H,76,91)(H,77,92)/t40-,41-,42+,43-,44+,45+,46+,47+,48+,49+,50-,51+,52+,53+,54+,55+,57+,58+,59-/m0/s1. The fourth-order valence-electron chi connectivity index (χ4n) is 12.1. The minimum atomic E-state index is -2.12. The SMILES string of the molecule is CC(=O)OC[C@H]1O[C@@H](O[C@@H]2[C@H](NC(=O)OC(C)(C)C)[C@@H](n3cc(COC(=O)c4ccc([N+](=O)[O-])cc4)nn3)C[C@H](NC(=O)OC(C)(C)C)[C@H]2O[C@H]2O[C@H](CNC(=O)OC(C)(C)C)[C@@H](OC(C)=O)[C@H](OC(C)=O)[C@H]2NC(=O)OC(C)(C)C)[C@H](OC(C)=O)[C@@H]1O[C@H]1O[C@@H](CNC(=O)OC(C)(C)C)[C@@H]2O[C@@H]2[C@H]1NC(=O)OC(C)(C)C. The number of fused-ring (bicyclic) bond motifs is 1. The highest BCUT2D eigenvalue weighted by Gasteiger charge is 2.63. The summed E-state index contributed by atoms with van der Waals surface area (Å²) in [5.74, 6) is -4.86. The minimum absolute atomic E-state index is 0.0622. The number of carbonyl (C=O) groups is 11. The van der Waals surface area contributed by atoms with Crippen LogP contribution in [0.2, 0.25) is 0 Å². The van der Waals surface area contributed by atoms with E-state index in [9.17, 15) is 62.9 Å². The van der Waals surface area contributed by atoms with Crippen LogP contribution in [0.5, 0.6) is 0 Å². The Balaban J connectivity index is 1.48. The van der Waals surface area contributed by atoms with Crippen molar-refractivity contribution in [2.75, 3.05) is 19.7 Å². The smallest absolute Gasteiger partial charge is 0.408 e. The summed E-state index contributed by atoms with van der Waals surface area (Å²) in [4.78, 5) is 163. The number of rotatable bonds is 24. The van der Waals surface area contributed by atoms with Gasteiger partial charge in [0, 0.05) is 46.4 Å². The number of nitrogens with one attached hydrogen (secondary N) is 6. The van der Waals surface area contributed by atoms with Crippen LogP contribution in [0.3, 0.4) is 0 Å². The summed E-state index contributed by atoms with van der Waals surface area (Å²) in [5.41, 5.74) is -7.31. The van der Waals surface area contributed by atoms with Gasteiger partial charge >= 0.3 is 66.4 Å². The summed E-state index contributed by atoms with van der Waals surface area (Å²) in [6.45, 7) is 30.2. The summed E-state index contributed by atoms with van der Waals surface area (Å²) < 4.78 is 112. The summed E-state index contributed by atoms with van der Waals surface area (Å²) in [6, 6.07) is -3.49. The van der Waals surface area contributed by atoms with Crippen molar-refractivity contribution >= 4 is 72.1 Å². The lowest BCUT2D eigenvalue weighted by Gasteiger charge is -2.50. The molecule has 4 saturated heterocycles. The Morgan fingerprint density at radius 3 is 1.39 bits per heavy atom. The van der Waals surface area contributed by atoms with E-state index in [0.717, 1.165) is 39.8 Å². The van der Waals surface area contributed by atoms with Crippen molar-refractivity contribution in [3.8, 4) is 0 Å². The molecular formula is C71H106N10O31. The van der Waals surface area contributed by atoms with E-state index in [4.69, 9.17) is 85.3 Å². The molecule has 4 aliphatic heterocycles. The molecule has 1 aromatic carbocycles. The Labute approximate surface area is 646 Å². The predicted molar refractivity (Wildman–Crippen MR) is 380 cm³/mol. The number of hydrogen-bond acceptors (Lipinski definition) is 33. The van der Waals surface area contributed by atoms with Gasteiger partial charge in [-0.25, -0.2) is 38.2 Å². The molecule has 1 aromatic heterocycles. The number of epoxide rings is 1. The zero-order valence-electron chi connectivity index (χ0n) is 66.8. The van der Waals surface area contributed by atoms with Gasteiger partial charge in [0.15, 0.2) is 37.2 Å². The highest BCUT2D eigenvalue weighted by molar-refractivity contribution is 5.89. The number of ether oxygens (including phenoxy) is 18. The molecule has 6 N–H and O–H groups in total. The van der Waals surface area contributed by atoms with Gasteiger partial charge in [0.2, 0.25) is 0 Å². The van der Waals surface area contributed by atoms with E-state index >= 15 is 0 Å². The first-order valence-electron chi connectivity index (χ1n) is 36.1. The van der Waals surface area contributed by atoms with Crippen molar-refractivity contribution in [3.63, 3.8) is 0 Å². The topological polar surface area (TPSA) is 503 Å². The van der Waals surface area contributed by atoms with Crippen LogP contribution >= 0.6 is 0 Å². The van der Waals surface area contributed by atoms with Gasteiger partial charge in [0.1, 0.15) is 113 Å².